The van der Waals surface area contributed by atoms with Gasteiger partial charge in [-0.3, -0.25) is 4.72 Å². The lowest BCUT2D eigenvalue weighted by atomic mass is 10.4. The molecule has 7 heteroatoms. The number of aryl methyl sites for hydroxylation is 1. The van der Waals surface area contributed by atoms with Crippen LogP contribution in [-0.2, 0) is 10.2 Å². The minimum atomic E-state index is -3.48. The molecule has 0 spiro atoms. The minimum absolute atomic E-state index is 0.292. The fraction of sp³-hybridized carbons (Fsp3) is 0.286. The van der Waals surface area contributed by atoms with Crippen LogP contribution >= 0.6 is 15.9 Å². The zero-order valence-electron chi connectivity index (χ0n) is 7.70. The molecule has 78 valence electrons. The Morgan fingerprint density at radius 3 is 2.57 bits per heavy atom. The number of nitrogens with one attached hydrogen (secondary N) is 2. The average molecular weight is 280 g/mol. The van der Waals surface area contributed by atoms with Gasteiger partial charge in [-0.25, -0.2) is 9.71 Å². The Morgan fingerprint density at radius 1 is 1.43 bits per heavy atom. The molecule has 0 aromatic carbocycles. The molecule has 1 aromatic heterocycles. The van der Waals surface area contributed by atoms with Crippen LogP contribution in [0.4, 0.5) is 5.82 Å². The van der Waals surface area contributed by atoms with E-state index in [-0.39, 0.29) is 0 Å². The summed E-state index contributed by atoms with van der Waals surface area (Å²) < 4.78 is 27.4. The molecule has 0 aliphatic carbocycles. The summed E-state index contributed by atoms with van der Waals surface area (Å²) in [5.74, 6) is 0.292. The van der Waals surface area contributed by atoms with Gasteiger partial charge in [0.15, 0.2) is 0 Å². The molecule has 0 aliphatic heterocycles. The SMILES string of the molecule is CNS(=O)(=O)Nc1ccc(Br)c(C)n1. The molecule has 0 amide bonds. The number of anilines is 1. The Labute approximate surface area is 91.2 Å². The number of nitrogens with zero attached hydrogens (tertiary/aromatic N) is 1. The van der Waals surface area contributed by atoms with Crippen molar-refractivity contribution in [2.24, 2.45) is 0 Å². The van der Waals surface area contributed by atoms with Gasteiger partial charge >= 0.3 is 0 Å². The van der Waals surface area contributed by atoms with Gasteiger partial charge in [-0.05, 0) is 35.0 Å². The summed E-state index contributed by atoms with van der Waals surface area (Å²) >= 11 is 3.27. The van der Waals surface area contributed by atoms with E-state index in [2.05, 4.69) is 30.4 Å². The number of hydrogen-bond acceptors (Lipinski definition) is 3. The second kappa shape index (κ2) is 4.24. The van der Waals surface area contributed by atoms with Gasteiger partial charge in [0.2, 0.25) is 0 Å². The molecular formula is C7H10BrN3O2S. The lowest BCUT2D eigenvalue weighted by Crippen LogP contribution is -2.26. The van der Waals surface area contributed by atoms with Crippen LogP contribution in [-0.4, -0.2) is 20.4 Å². The Bertz CT molecular complexity index is 433. The number of pyridine rings is 1. The van der Waals surface area contributed by atoms with E-state index in [1.165, 1.54) is 7.05 Å². The summed E-state index contributed by atoms with van der Waals surface area (Å²) in [6.07, 6.45) is 0. The molecule has 5 nitrogen and oxygen atoms in total. The summed E-state index contributed by atoms with van der Waals surface area (Å²) in [6.45, 7) is 1.78. The van der Waals surface area contributed by atoms with Crippen molar-refractivity contribution in [2.45, 2.75) is 6.92 Å². The van der Waals surface area contributed by atoms with Crippen LogP contribution in [0, 0.1) is 6.92 Å². The third-order valence-corrected chi connectivity index (χ3v) is 3.38. The molecule has 0 aliphatic rings. The van der Waals surface area contributed by atoms with Crippen LogP contribution in [0.3, 0.4) is 0 Å². The monoisotopic (exact) mass is 279 g/mol. The first-order chi connectivity index (χ1) is 6.44. The van der Waals surface area contributed by atoms with Gasteiger partial charge in [0.05, 0.1) is 5.69 Å². The number of halogens is 1. The smallest absolute Gasteiger partial charge is 0.255 e. The number of aromatic nitrogens is 1. The molecule has 0 saturated carbocycles. The van der Waals surface area contributed by atoms with Crippen molar-refractivity contribution in [3.63, 3.8) is 0 Å². The van der Waals surface area contributed by atoms with Crippen molar-refractivity contribution in [1.82, 2.24) is 9.71 Å². The summed E-state index contributed by atoms with van der Waals surface area (Å²) in [5, 5.41) is 0. The highest BCUT2D eigenvalue weighted by Crippen LogP contribution is 2.16. The predicted molar refractivity (Wildman–Crippen MR) is 58.3 cm³/mol. The van der Waals surface area contributed by atoms with Crippen molar-refractivity contribution in [3.8, 4) is 0 Å². The zero-order chi connectivity index (χ0) is 10.8. The molecule has 1 aromatic rings. The van der Waals surface area contributed by atoms with Crippen LogP contribution in [0.25, 0.3) is 0 Å². The van der Waals surface area contributed by atoms with Crippen molar-refractivity contribution in [3.05, 3.63) is 22.3 Å². The largest absolute Gasteiger partial charge is 0.300 e. The fourth-order valence-corrected chi connectivity index (χ4v) is 1.50. The maximum absolute atomic E-state index is 11.1. The molecule has 0 atom stereocenters. The van der Waals surface area contributed by atoms with Crippen LogP contribution in [0.15, 0.2) is 16.6 Å². The van der Waals surface area contributed by atoms with Crippen molar-refractivity contribution in [2.75, 3.05) is 11.8 Å². The third kappa shape index (κ3) is 2.93. The Kier molecular flexibility index (Phi) is 3.46. The lowest BCUT2D eigenvalue weighted by molar-refractivity contribution is 0.593. The van der Waals surface area contributed by atoms with E-state index in [1.807, 2.05) is 0 Å². The van der Waals surface area contributed by atoms with Gasteiger partial charge in [0.25, 0.3) is 10.2 Å². The molecule has 1 heterocycles. The molecule has 0 radical (unpaired) electrons. The molecular weight excluding hydrogens is 270 g/mol. The quantitative estimate of drug-likeness (QED) is 0.868. The van der Waals surface area contributed by atoms with Crippen LogP contribution in [0.2, 0.25) is 0 Å². The number of rotatable bonds is 3. The average Bonchev–Trinajstić information content (AvgIpc) is 2.11. The van der Waals surface area contributed by atoms with Crippen LogP contribution in [0.5, 0.6) is 0 Å². The molecule has 0 unspecified atom stereocenters. The second-order valence-electron chi connectivity index (χ2n) is 2.57. The maximum atomic E-state index is 11.1. The zero-order valence-corrected chi connectivity index (χ0v) is 10.1. The van der Waals surface area contributed by atoms with Crippen LogP contribution < -0.4 is 9.44 Å². The summed E-state index contributed by atoms with van der Waals surface area (Å²) in [6, 6.07) is 3.31. The van der Waals surface area contributed by atoms with Gasteiger partial charge in [0, 0.05) is 11.5 Å². The van der Waals surface area contributed by atoms with E-state index in [4.69, 9.17) is 0 Å². The number of hydrogen-bond donors (Lipinski definition) is 2. The molecule has 0 saturated heterocycles. The standard InChI is InChI=1S/C7H10BrN3O2S/c1-5-6(8)3-4-7(10-5)11-14(12,13)9-2/h3-4,9H,1-2H3,(H,10,11). The van der Waals surface area contributed by atoms with Gasteiger partial charge in [-0.2, -0.15) is 8.42 Å². The predicted octanol–water partition coefficient (Wildman–Crippen LogP) is 1.03. The highest BCUT2D eigenvalue weighted by atomic mass is 79.9. The van der Waals surface area contributed by atoms with Crippen molar-refractivity contribution < 1.29 is 8.42 Å². The van der Waals surface area contributed by atoms with E-state index in [0.717, 1.165) is 10.2 Å². The van der Waals surface area contributed by atoms with Crippen molar-refractivity contribution >= 4 is 32.0 Å². The fourth-order valence-electron chi connectivity index (χ4n) is 0.790. The summed E-state index contributed by atoms with van der Waals surface area (Å²) in [7, 11) is -2.15. The second-order valence-corrected chi connectivity index (χ2v) is 5.05. The summed E-state index contributed by atoms with van der Waals surface area (Å²) in [4.78, 5) is 4.03. The van der Waals surface area contributed by atoms with Gasteiger partial charge in [0.1, 0.15) is 5.82 Å². The highest BCUT2D eigenvalue weighted by Gasteiger charge is 2.07. The lowest BCUT2D eigenvalue weighted by Gasteiger charge is -2.06. The normalized spacial score (nSPS) is 11.4. The Balaban J connectivity index is 2.94. The van der Waals surface area contributed by atoms with Crippen molar-refractivity contribution in [1.29, 1.82) is 0 Å². The first-order valence-electron chi connectivity index (χ1n) is 3.79. The van der Waals surface area contributed by atoms with Gasteiger partial charge in [-0.1, -0.05) is 0 Å². The van der Waals surface area contributed by atoms with E-state index in [0.29, 0.717) is 5.82 Å². The third-order valence-electron chi connectivity index (χ3n) is 1.53. The minimum Gasteiger partial charge on any atom is -0.255 e. The maximum Gasteiger partial charge on any atom is 0.300 e. The van der Waals surface area contributed by atoms with Crippen LogP contribution in [0.1, 0.15) is 5.69 Å². The summed E-state index contributed by atoms with van der Waals surface area (Å²) in [5.41, 5.74) is 0.723. The molecule has 0 bridgehead atoms. The first kappa shape index (κ1) is 11.4. The molecule has 1 rings (SSSR count). The molecule has 14 heavy (non-hydrogen) atoms. The van der Waals surface area contributed by atoms with E-state index < -0.39 is 10.2 Å². The van der Waals surface area contributed by atoms with Gasteiger partial charge in [-0.15, -0.1) is 0 Å². The Hall–Kier alpha value is -0.660. The van der Waals surface area contributed by atoms with E-state index in [9.17, 15) is 8.42 Å². The Morgan fingerprint density at radius 2 is 2.07 bits per heavy atom. The molecule has 0 fully saturated rings. The topological polar surface area (TPSA) is 71.1 Å². The first-order valence-corrected chi connectivity index (χ1v) is 6.06. The van der Waals surface area contributed by atoms with Gasteiger partial charge < -0.3 is 0 Å². The molecule has 2 N–H and O–H groups in total. The highest BCUT2D eigenvalue weighted by molar-refractivity contribution is 9.10. The van der Waals surface area contributed by atoms with E-state index >= 15 is 0 Å². The van der Waals surface area contributed by atoms with E-state index in [1.54, 1.807) is 19.1 Å².